The Morgan fingerprint density at radius 1 is 0.353 bits per heavy atom. The van der Waals surface area contributed by atoms with Gasteiger partial charge in [0.25, 0.3) is 0 Å². The van der Waals surface area contributed by atoms with E-state index in [-0.39, 0.29) is 0 Å². The van der Waals surface area contributed by atoms with Crippen LogP contribution >= 0.6 is 0 Å². The molecular weight excluding hydrogens is 681 g/mol. The van der Waals surface area contributed by atoms with Gasteiger partial charge in [0.05, 0.1) is 0 Å². The molecule has 0 N–H and O–H groups in total. The first kappa shape index (κ1) is 48.4. The number of anilines is 1. The minimum atomic E-state index is -0.897. The van der Waals surface area contributed by atoms with Crippen molar-refractivity contribution in [1.82, 2.24) is 0 Å². The van der Waals surface area contributed by atoms with E-state index >= 15 is 0 Å². The summed E-state index contributed by atoms with van der Waals surface area (Å²) >= 11 is -0.897. The molecule has 0 aliphatic rings. The molecule has 1 aromatic carbocycles. The molecule has 0 radical (unpaired) electrons. The molecule has 0 spiro atoms. The zero-order valence-electron chi connectivity index (χ0n) is 34.9. The maximum atomic E-state index is 11.0. The van der Waals surface area contributed by atoms with Crippen LogP contribution in [0.3, 0.4) is 0 Å². The van der Waals surface area contributed by atoms with Gasteiger partial charge in [-0.1, -0.05) is 219 Å². The van der Waals surface area contributed by atoms with Crippen molar-refractivity contribution in [2.24, 2.45) is 0 Å². The van der Waals surface area contributed by atoms with Gasteiger partial charge in [-0.05, 0) is 0 Å². The van der Waals surface area contributed by atoms with E-state index in [1.54, 1.807) is 0 Å². The van der Waals surface area contributed by atoms with Crippen LogP contribution in [0.2, 0.25) is 0 Å². The Labute approximate surface area is 328 Å². The van der Waals surface area contributed by atoms with Crippen LogP contribution in [-0.4, -0.2) is 29.3 Å². The Morgan fingerprint density at radius 2 is 0.569 bits per heavy atom. The summed E-state index contributed by atoms with van der Waals surface area (Å²) in [4.78, 5) is 2.33. The van der Waals surface area contributed by atoms with Crippen molar-refractivity contribution >= 4 is 25.7 Å². The Morgan fingerprint density at radius 3 is 0.784 bits per heavy atom. The molecule has 0 aliphatic carbocycles. The first-order chi connectivity index (χ1) is 25.3. The molecule has 0 saturated heterocycles. The fraction of sp³-hybridized carbons (Fsp3) is 0.875. The number of unbranched alkanes of at least 4 members (excludes halogenated alkanes) is 38. The number of hydrogen-bond acceptors (Lipinski definition) is 2. The third-order valence-electron chi connectivity index (χ3n) is 11.5. The molecule has 1 rings (SSSR count). The maximum absolute atomic E-state index is 11.0. The summed E-state index contributed by atoms with van der Waals surface area (Å²) in [5.41, 5.74) is 1.24. The van der Waals surface area contributed by atoms with Crippen LogP contribution < -0.4 is 9.25 Å². The van der Waals surface area contributed by atoms with Crippen LogP contribution in [0.1, 0.15) is 257 Å². The van der Waals surface area contributed by atoms with Gasteiger partial charge in [0, 0.05) is 0 Å². The van der Waals surface area contributed by atoms with Gasteiger partial charge in [-0.25, -0.2) is 0 Å². The fourth-order valence-corrected chi connectivity index (χ4v) is 8.43. The molecule has 0 aromatic heterocycles. The third kappa shape index (κ3) is 34.9. The molecule has 3 heteroatoms. The molecule has 0 aliphatic heterocycles. The van der Waals surface area contributed by atoms with Gasteiger partial charge in [-0.2, -0.15) is 0 Å². The quantitative estimate of drug-likeness (QED) is 0.0487. The molecule has 0 unspecified atom stereocenters. The molecule has 0 atom stereocenters. The second kappa shape index (κ2) is 40.6. The van der Waals surface area contributed by atoms with Crippen molar-refractivity contribution in [3.63, 3.8) is 0 Å². The number of rotatable bonds is 42. The van der Waals surface area contributed by atoms with Gasteiger partial charge in [-0.15, -0.1) is 0 Å². The second-order valence-corrected chi connectivity index (χ2v) is 17.9. The van der Waals surface area contributed by atoms with E-state index in [1.807, 2.05) is 12.1 Å². The predicted octanol–water partition coefficient (Wildman–Crippen LogP) is 16.0. The van der Waals surface area contributed by atoms with Crippen molar-refractivity contribution in [3.8, 4) is 0 Å². The van der Waals surface area contributed by atoms with E-state index in [0.717, 1.165) is 10.9 Å². The number of nitrogens with zero attached hydrogens (tertiary/aromatic N) is 1. The Hall–Kier alpha value is -0.622. The summed E-state index contributed by atoms with van der Waals surface area (Å²) < 4.78 is 12.0. The molecule has 0 saturated carbocycles. The van der Waals surface area contributed by atoms with Gasteiger partial charge >= 0.3 is 111 Å². The molecule has 1 aromatic rings. The minimum absolute atomic E-state index is 0.897. The van der Waals surface area contributed by atoms with Crippen LogP contribution in [0.5, 0.6) is 0 Å². The van der Waals surface area contributed by atoms with E-state index in [1.165, 1.54) is 256 Å². The zero-order chi connectivity index (χ0) is 36.6. The fourth-order valence-electron chi connectivity index (χ4n) is 7.86. The van der Waals surface area contributed by atoms with Gasteiger partial charge in [0.15, 0.2) is 0 Å². The van der Waals surface area contributed by atoms with Crippen molar-refractivity contribution in [2.45, 2.75) is 257 Å². The van der Waals surface area contributed by atoms with Crippen molar-refractivity contribution in [1.29, 1.82) is 0 Å². The monoisotopic (exact) mass is 772 g/mol. The first-order valence-electron chi connectivity index (χ1n) is 23.4. The standard InChI is InChI=1S/C48H90AsNO/c1-3-4-5-6-7-8-9-10-11-12-13-14-15-16-17-18-19-20-21-22-23-24-25-26-27-28-29-30-31-32-33-34-35-36-37-38-39-40-41-46-50(2)48-44-42-47(49-51)43-45-48/h42-45H,3-41,46H2,1-2H3. The Bertz CT molecular complexity index is 810. The SMILES string of the molecule is CCCCCCCCCCCCCCCCCCCCCCCCCCCCCCCCCCCCCCCCCN(C)c1ccc([As]=O)cc1. The van der Waals surface area contributed by atoms with Crippen molar-refractivity contribution < 1.29 is 3.74 Å². The molecule has 0 bridgehead atoms. The predicted molar refractivity (Wildman–Crippen MR) is 232 cm³/mol. The average molecular weight is 772 g/mol. The number of hydrogen-bond donors (Lipinski definition) is 0. The van der Waals surface area contributed by atoms with E-state index in [4.69, 9.17) is 0 Å². The average Bonchev–Trinajstić information content (AvgIpc) is 3.15. The van der Waals surface area contributed by atoms with Crippen LogP contribution in [0.25, 0.3) is 0 Å². The van der Waals surface area contributed by atoms with Crippen LogP contribution in [0.4, 0.5) is 5.69 Å². The third-order valence-corrected chi connectivity index (χ3v) is 12.6. The van der Waals surface area contributed by atoms with Crippen molar-refractivity contribution in [2.75, 3.05) is 18.5 Å². The zero-order valence-corrected chi connectivity index (χ0v) is 36.8. The Balaban J connectivity index is 1.64. The topological polar surface area (TPSA) is 20.3 Å². The van der Waals surface area contributed by atoms with E-state index in [2.05, 4.69) is 31.0 Å². The Kier molecular flexibility index (Phi) is 38.5. The van der Waals surface area contributed by atoms with Crippen LogP contribution in [0.15, 0.2) is 24.3 Å². The molecule has 0 amide bonds. The summed E-state index contributed by atoms with van der Waals surface area (Å²) in [6.07, 6.45) is 57.0. The van der Waals surface area contributed by atoms with Gasteiger partial charge in [0.2, 0.25) is 0 Å². The van der Waals surface area contributed by atoms with E-state index < -0.39 is 15.7 Å². The summed E-state index contributed by atoms with van der Waals surface area (Å²) in [5, 5.41) is 0. The normalized spacial score (nSPS) is 11.6. The van der Waals surface area contributed by atoms with Gasteiger partial charge in [-0.3, -0.25) is 0 Å². The summed E-state index contributed by atoms with van der Waals surface area (Å²) in [6.45, 7) is 3.42. The summed E-state index contributed by atoms with van der Waals surface area (Å²) in [5.74, 6) is 0. The van der Waals surface area contributed by atoms with E-state index in [0.29, 0.717) is 0 Å². The van der Waals surface area contributed by atoms with Crippen LogP contribution in [-0.2, 0) is 3.74 Å². The molecule has 0 heterocycles. The second-order valence-electron chi connectivity index (χ2n) is 16.5. The molecule has 2 nitrogen and oxygen atoms in total. The first-order valence-corrected chi connectivity index (χ1v) is 25.1. The molecule has 298 valence electrons. The van der Waals surface area contributed by atoms with Gasteiger partial charge in [0.1, 0.15) is 0 Å². The molecular formula is C48H90AsNO. The molecule has 0 fully saturated rings. The van der Waals surface area contributed by atoms with Crippen molar-refractivity contribution in [3.05, 3.63) is 24.3 Å². The molecule has 51 heavy (non-hydrogen) atoms. The summed E-state index contributed by atoms with van der Waals surface area (Å²) in [6, 6.07) is 8.22. The van der Waals surface area contributed by atoms with E-state index in [9.17, 15) is 3.74 Å². The van der Waals surface area contributed by atoms with Crippen LogP contribution in [0, 0.1) is 0 Å². The summed E-state index contributed by atoms with van der Waals surface area (Å²) in [7, 11) is 2.17. The van der Waals surface area contributed by atoms with Gasteiger partial charge < -0.3 is 0 Å². The number of benzene rings is 1.